The lowest BCUT2D eigenvalue weighted by Gasteiger charge is -2.23. The van der Waals surface area contributed by atoms with E-state index in [0.717, 1.165) is 12.8 Å². The van der Waals surface area contributed by atoms with E-state index in [2.05, 4.69) is 25.3 Å². The fourth-order valence-corrected chi connectivity index (χ4v) is 3.31. The summed E-state index contributed by atoms with van der Waals surface area (Å²) >= 11 is 1.81. The van der Waals surface area contributed by atoms with Crippen molar-refractivity contribution in [2.75, 3.05) is 0 Å². The Kier molecular flexibility index (Phi) is 3.25. The fourth-order valence-electron chi connectivity index (χ4n) is 2.33. The van der Waals surface area contributed by atoms with Crippen LogP contribution in [0, 0.1) is 5.92 Å². The maximum Gasteiger partial charge on any atom is 0.143 e. The highest BCUT2D eigenvalue weighted by atomic mass is 32.1. The number of thiophene rings is 1. The second kappa shape index (κ2) is 4.48. The lowest BCUT2D eigenvalue weighted by atomic mass is 9.80. The summed E-state index contributed by atoms with van der Waals surface area (Å²) < 4.78 is 0. The average molecular weight is 222 g/mol. The number of hydrogen-bond donors (Lipinski definition) is 0. The van der Waals surface area contributed by atoms with Crippen LogP contribution in [0.4, 0.5) is 0 Å². The van der Waals surface area contributed by atoms with Gasteiger partial charge in [0.2, 0.25) is 0 Å². The molecule has 0 fully saturated rings. The van der Waals surface area contributed by atoms with Crippen molar-refractivity contribution < 1.29 is 4.79 Å². The third kappa shape index (κ3) is 2.00. The SMILES string of the molecule is CCC(C)C(=O)C1CCCc2sccc21. The van der Waals surface area contributed by atoms with Gasteiger partial charge in [0.05, 0.1) is 0 Å². The third-order valence-corrected chi connectivity index (χ3v) is 4.49. The molecule has 82 valence electrons. The number of carbonyl (C=O) groups is 1. The summed E-state index contributed by atoms with van der Waals surface area (Å²) in [5.74, 6) is 0.882. The summed E-state index contributed by atoms with van der Waals surface area (Å²) in [6, 6.07) is 2.16. The van der Waals surface area contributed by atoms with Gasteiger partial charge in [-0.25, -0.2) is 0 Å². The first kappa shape index (κ1) is 10.9. The zero-order valence-electron chi connectivity index (χ0n) is 9.45. The van der Waals surface area contributed by atoms with E-state index in [4.69, 9.17) is 0 Å². The van der Waals surface area contributed by atoms with E-state index in [-0.39, 0.29) is 11.8 Å². The van der Waals surface area contributed by atoms with Crippen molar-refractivity contribution in [1.82, 2.24) is 0 Å². The van der Waals surface area contributed by atoms with Gasteiger partial charge in [0.1, 0.15) is 5.78 Å². The summed E-state index contributed by atoms with van der Waals surface area (Å²) in [5, 5.41) is 2.13. The van der Waals surface area contributed by atoms with E-state index >= 15 is 0 Å². The monoisotopic (exact) mass is 222 g/mol. The van der Waals surface area contributed by atoms with Crippen molar-refractivity contribution in [1.29, 1.82) is 0 Å². The van der Waals surface area contributed by atoms with Crippen LogP contribution in [0.5, 0.6) is 0 Å². The molecule has 0 radical (unpaired) electrons. The largest absolute Gasteiger partial charge is 0.299 e. The lowest BCUT2D eigenvalue weighted by molar-refractivity contribution is -0.124. The molecule has 1 aromatic rings. The minimum absolute atomic E-state index is 0.204. The predicted molar refractivity (Wildman–Crippen MR) is 64.5 cm³/mol. The van der Waals surface area contributed by atoms with Gasteiger partial charge in [-0.05, 0) is 42.7 Å². The number of hydrogen-bond acceptors (Lipinski definition) is 2. The molecule has 0 saturated heterocycles. The molecule has 0 spiro atoms. The molecule has 1 aliphatic carbocycles. The van der Waals surface area contributed by atoms with Gasteiger partial charge in [0.15, 0.2) is 0 Å². The van der Waals surface area contributed by atoms with E-state index in [1.165, 1.54) is 23.3 Å². The van der Waals surface area contributed by atoms with Crippen molar-refractivity contribution >= 4 is 17.1 Å². The second-order valence-corrected chi connectivity index (χ2v) is 5.46. The topological polar surface area (TPSA) is 17.1 Å². The molecular formula is C13H18OS. The Balaban J connectivity index is 2.22. The quantitative estimate of drug-likeness (QED) is 0.760. The molecular weight excluding hydrogens is 204 g/mol. The van der Waals surface area contributed by atoms with Crippen molar-refractivity contribution in [2.24, 2.45) is 5.92 Å². The molecule has 2 unspecified atom stereocenters. The van der Waals surface area contributed by atoms with Gasteiger partial charge in [0, 0.05) is 16.7 Å². The fraction of sp³-hybridized carbons (Fsp3) is 0.615. The zero-order chi connectivity index (χ0) is 10.8. The first-order valence-corrected chi connectivity index (χ1v) is 6.72. The van der Waals surface area contributed by atoms with Gasteiger partial charge in [-0.1, -0.05) is 13.8 Å². The van der Waals surface area contributed by atoms with E-state index in [1.807, 2.05) is 11.3 Å². The average Bonchev–Trinajstić information content (AvgIpc) is 2.74. The Morgan fingerprint density at radius 3 is 3.20 bits per heavy atom. The molecule has 1 aromatic heterocycles. The smallest absolute Gasteiger partial charge is 0.143 e. The molecule has 2 heteroatoms. The number of Topliss-reactive ketones (excluding diaryl/α,β-unsaturated/α-hetero) is 1. The third-order valence-electron chi connectivity index (χ3n) is 3.49. The molecule has 0 aliphatic heterocycles. The van der Waals surface area contributed by atoms with Crippen molar-refractivity contribution in [3.63, 3.8) is 0 Å². The van der Waals surface area contributed by atoms with Crippen LogP contribution in [0.2, 0.25) is 0 Å². The summed E-state index contributed by atoms with van der Waals surface area (Å²) in [6.07, 6.45) is 4.39. The van der Waals surface area contributed by atoms with Gasteiger partial charge in [-0.2, -0.15) is 0 Å². The van der Waals surface area contributed by atoms with Crippen LogP contribution < -0.4 is 0 Å². The molecule has 0 aromatic carbocycles. The van der Waals surface area contributed by atoms with E-state index in [1.54, 1.807) is 0 Å². The Morgan fingerprint density at radius 1 is 1.67 bits per heavy atom. The van der Waals surface area contributed by atoms with Crippen LogP contribution >= 0.6 is 11.3 Å². The molecule has 0 saturated carbocycles. The zero-order valence-corrected chi connectivity index (χ0v) is 10.3. The number of ketones is 1. The highest BCUT2D eigenvalue weighted by Crippen LogP contribution is 2.37. The molecule has 0 bridgehead atoms. The van der Waals surface area contributed by atoms with E-state index in [9.17, 15) is 4.79 Å². The predicted octanol–water partition coefficient (Wildman–Crippen LogP) is 3.78. The van der Waals surface area contributed by atoms with E-state index in [0.29, 0.717) is 5.78 Å². The molecule has 2 rings (SSSR count). The maximum atomic E-state index is 12.2. The molecule has 0 N–H and O–H groups in total. The van der Waals surface area contributed by atoms with Crippen molar-refractivity contribution in [3.05, 3.63) is 21.9 Å². The number of rotatable bonds is 3. The van der Waals surface area contributed by atoms with Gasteiger partial charge < -0.3 is 0 Å². The number of carbonyl (C=O) groups excluding carboxylic acids is 1. The maximum absolute atomic E-state index is 12.2. The summed E-state index contributed by atoms with van der Waals surface area (Å²) in [5.41, 5.74) is 1.33. The van der Waals surface area contributed by atoms with Crippen LogP contribution in [0.25, 0.3) is 0 Å². The van der Waals surface area contributed by atoms with Gasteiger partial charge >= 0.3 is 0 Å². The first-order valence-electron chi connectivity index (χ1n) is 5.84. The summed E-state index contributed by atoms with van der Waals surface area (Å²) in [4.78, 5) is 13.6. The second-order valence-electron chi connectivity index (χ2n) is 4.46. The van der Waals surface area contributed by atoms with Gasteiger partial charge in [0.25, 0.3) is 0 Å². The lowest BCUT2D eigenvalue weighted by Crippen LogP contribution is -2.22. The molecule has 1 aliphatic rings. The Bertz CT molecular complexity index is 353. The molecule has 15 heavy (non-hydrogen) atoms. The van der Waals surface area contributed by atoms with Crippen LogP contribution in [0.15, 0.2) is 11.4 Å². The molecule has 0 amide bonds. The standard InChI is InChI=1S/C13H18OS/c1-3-9(2)13(14)11-5-4-6-12-10(11)7-8-15-12/h7-9,11H,3-6H2,1-2H3. The van der Waals surface area contributed by atoms with Crippen LogP contribution in [-0.2, 0) is 11.2 Å². The number of fused-ring (bicyclic) bond motifs is 1. The minimum Gasteiger partial charge on any atom is -0.299 e. The first-order chi connectivity index (χ1) is 7.24. The van der Waals surface area contributed by atoms with E-state index < -0.39 is 0 Å². The van der Waals surface area contributed by atoms with Crippen LogP contribution in [0.1, 0.15) is 49.5 Å². The highest BCUT2D eigenvalue weighted by Gasteiger charge is 2.29. The summed E-state index contributed by atoms with van der Waals surface area (Å²) in [7, 11) is 0. The van der Waals surface area contributed by atoms with Crippen LogP contribution in [0.3, 0.4) is 0 Å². The highest BCUT2D eigenvalue weighted by molar-refractivity contribution is 7.10. The Morgan fingerprint density at radius 2 is 2.47 bits per heavy atom. The summed E-state index contributed by atoms with van der Waals surface area (Å²) in [6.45, 7) is 4.16. The van der Waals surface area contributed by atoms with Crippen LogP contribution in [-0.4, -0.2) is 5.78 Å². The minimum atomic E-state index is 0.204. The van der Waals surface area contributed by atoms with Crippen molar-refractivity contribution in [2.45, 2.75) is 45.4 Å². The molecule has 2 atom stereocenters. The van der Waals surface area contributed by atoms with Crippen molar-refractivity contribution in [3.8, 4) is 0 Å². The molecule has 1 heterocycles. The Labute approximate surface area is 95.5 Å². The van der Waals surface area contributed by atoms with Gasteiger partial charge in [-0.15, -0.1) is 11.3 Å². The molecule has 1 nitrogen and oxygen atoms in total. The van der Waals surface area contributed by atoms with Gasteiger partial charge in [-0.3, -0.25) is 4.79 Å². The number of aryl methyl sites for hydroxylation is 1. The normalized spacial score (nSPS) is 22.1. The Hall–Kier alpha value is -0.630.